The van der Waals surface area contributed by atoms with Crippen LogP contribution in [-0.4, -0.2) is 9.97 Å². The van der Waals surface area contributed by atoms with Crippen LogP contribution in [0.15, 0.2) is 218 Å². The molecule has 2 heteroatoms. The first kappa shape index (κ1) is 34.1. The van der Waals surface area contributed by atoms with Crippen LogP contribution in [0.3, 0.4) is 0 Å². The van der Waals surface area contributed by atoms with Crippen molar-refractivity contribution in [2.24, 2.45) is 0 Å². The minimum atomic E-state index is 0.693. The Kier molecular flexibility index (Phi) is 7.89. The highest BCUT2D eigenvalue weighted by molar-refractivity contribution is 6.20. The lowest BCUT2D eigenvalue weighted by molar-refractivity contribution is 1.18. The highest BCUT2D eigenvalue weighted by Crippen LogP contribution is 2.41. The molecule has 0 saturated heterocycles. The van der Waals surface area contributed by atoms with Crippen molar-refractivity contribution in [3.8, 4) is 56.2 Å². The van der Waals surface area contributed by atoms with Gasteiger partial charge in [-0.1, -0.05) is 194 Å². The number of nitrogens with zero attached hydrogens (tertiary/aromatic N) is 2. The molecule has 12 rings (SSSR count). The number of hydrogen-bond acceptors (Lipinski definition) is 2. The van der Waals surface area contributed by atoms with E-state index in [4.69, 9.17) is 9.97 Å². The van der Waals surface area contributed by atoms with E-state index in [1.807, 2.05) is 0 Å². The fourth-order valence-corrected chi connectivity index (χ4v) is 9.27. The zero-order chi connectivity index (χ0) is 39.6. The Hall–Kier alpha value is -7.94. The van der Waals surface area contributed by atoms with Gasteiger partial charge in [0.05, 0.1) is 11.4 Å². The minimum absolute atomic E-state index is 0.693. The maximum absolute atomic E-state index is 5.32. The van der Waals surface area contributed by atoms with Crippen molar-refractivity contribution < 1.29 is 0 Å². The SMILES string of the molecule is c1ccc(-c2cccc(-c3cc(-c4ccc5c(ccc6c7ccccc7ccc56)c4)nc(-c4ccc(-c5c6ccccc6cc6c5ccc5ccccc56)cc4)n3)c2)cc1. The largest absolute Gasteiger partial charge is 0.228 e. The summed E-state index contributed by atoms with van der Waals surface area (Å²) in [7, 11) is 0. The number of fused-ring (bicyclic) bond motifs is 9. The van der Waals surface area contributed by atoms with E-state index < -0.39 is 0 Å². The number of benzene rings is 11. The van der Waals surface area contributed by atoms with Crippen molar-refractivity contribution in [2.75, 3.05) is 0 Å². The van der Waals surface area contributed by atoms with Crippen molar-refractivity contribution in [2.45, 2.75) is 0 Å². The first-order valence-electron chi connectivity index (χ1n) is 20.6. The van der Waals surface area contributed by atoms with Crippen LogP contribution in [0.1, 0.15) is 0 Å². The fourth-order valence-electron chi connectivity index (χ4n) is 9.27. The predicted octanol–water partition coefficient (Wildman–Crippen LogP) is 15.7. The first-order chi connectivity index (χ1) is 29.7. The van der Waals surface area contributed by atoms with Gasteiger partial charge >= 0.3 is 0 Å². The molecule has 60 heavy (non-hydrogen) atoms. The zero-order valence-corrected chi connectivity index (χ0v) is 32.7. The standard InChI is InChI=1S/C58H36N2/c1-2-11-37(12-3-1)42-16-10-17-45(33-42)55-36-56(46-28-29-49-44(34-46)27-31-51-47-18-7-4-13-38(47)25-30-52(49)51)60-58(59-55)41-23-21-40(22-24-41)57-50-20-9-6-15-43(50)35-54-48-19-8-5-14-39(48)26-32-53(54)57/h1-36H. The summed E-state index contributed by atoms with van der Waals surface area (Å²) in [4.78, 5) is 10.6. The Bertz CT molecular complexity index is 3640. The smallest absolute Gasteiger partial charge is 0.160 e. The summed E-state index contributed by atoms with van der Waals surface area (Å²) < 4.78 is 0. The van der Waals surface area contributed by atoms with Crippen LogP contribution in [0, 0.1) is 0 Å². The average molecular weight is 761 g/mol. The molecule has 0 bridgehead atoms. The van der Waals surface area contributed by atoms with Crippen molar-refractivity contribution >= 4 is 64.6 Å². The highest BCUT2D eigenvalue weighted by Gasteiger charge is 2.16. The van der Waals surface area contributed by atoms with Gasteiger partial charge in [0.15, 0.2) is 5.82 Å². The Morgan fingerprint density at radius 3 is 1.43 bits per heavy atom. The molecule has 0 unspecified atom stereocenters. The van der Waals surface area contributed by atoms with Gasteiger partial charge in [0.1, 0.15) is 0 Å². The summed E-state index contributed by atoms with van der Waals surface area (Å²) in [6.45, 7) is 0. The van der Waals surface area contributed by atoms with Gasteiger partial charge in [-0.05, 0) is 111 Å². The molecule has 0 amide bonds. The van der Waals surface area contributed by atoms with E-state index in [0.29, 0.717) is 5.82 Å². The molecule has 0 radical (unpaired) electrons. The molecule has 0 saturated carbocycles. The molecule has 0 aliphatic rings. The lowest BCUT2D eigenvalue weighted by Crippen LogP contribution is -1.96. The third-order valence-corrected chi connectivity index (χ3v) is 12.2. The topological polar surface area (TPSA) is 25.8 Å². The fraction of sp³-hybridized carbons (Fsp3) is 0. The van der Waals surface area contributed by atoms with Gasteiger partial charge in [-0.2, -0.15) is 0 Å². The zero-order valence-electron chi connectivity index (χ0n) is 32.7. The second-order valence-corrected chi connectivity index (χ2v) is 15.7. The molecule has 11 aromatic carbocycles. The van der Waals surface area contributed by atoms with Crippen molar-refractivity contribution in [1.29, 1.82) is 0 Å². The minimum Gasteiger partial charge on any atom is -0.228 e. The summed E-state index contributed by atoms with van der Waals surface area (Å²) in [5.74, 6) is 0.693. The van der Waals surface area contributed by atoms with Crippen molar-refractivity contribution in [3.05, 3.63) is 218 Å². The van der Waals surface area contributed by atoms with Crippen LogP contribution >= 0.6 is 0 Å². The molecule has 12 aromatic rings. The molecule has 0 aliphatic heterocycles. The Morgan fingerprint density at radius 2 is 0.700 bits per heavy atom. The molecule has 0 fully saturated rings. The summed E-state index contributed by atoms with van der Waals surface area (Å²) in [6.07, 6.45) is 0. The molecule has 1 heterocycles. The van der Waals surface area contributed by atoms with E-state index in [1.165, 1.54) is 75.8 Å². The molecule has 1 aromatic heterocycles. The Morgan fingerprint density at radius 1 is 0.217 bits per heavy atom. The molecule has 0 N–H and O–H groups in total. The van der Waals surface area contributed by atoms with Gasteiger partial charge in [0.2, 0.25) is 0 Å². The maximum Gasteiger partial charge on any atom is 0.160 e. The Balaban J connectivity index is 1.01. The van der Waals surface area contributed by atoms with Crippen LogP contribution in [-0.2, 0) is 0 Å². The van der Waals surface area contributed by atoms with Crippen LogP contribution in [0.25, 0.3) is 121 Å². The van der Waals surface area contributed by atoms with Crippen LogP contribution in [0.2, 0.25) is 0 Å². The van der Waals surface area contributed by atoms with E-state index >= 15 is 0 Å². The summed E-state index contributed by atoms with van der Waals surface area (Å²) in [6, 6.07) is 78.8. The second-order valence-electron chi connectivity index (χ2n) is 15.7. The van der Waals surface area contributed by atoms with Gasteiger partial charge in [-0.25, -0.2) is 9.97 Å². The lowest BCUT2D eigenvalue weighted by Gasteiger charge is -2.15. The van der Waals surface area contributed by atoms with E-state index in [9.17, 15) is 0 Å². The molecule has 278 valence electrons. The van der Waals surface area contributed by atoms with Gasteiger partial charge in [0, 0.05) is 16.7 Å². The van der Waals surface area contributed by atoms with Gasteiger partial charge < -0.3 is 0 Å². The second kappa shape index (κ2) is 13.9. The van der Waals surface area contributed by atoms with Crippen molar-refractivity contribution in [1.82, 2.24) is 9.97 Å². The quantitative estimate of drug-likeness (QED) is 0.129. The third kappa shape index (κ3) is 5.73. The normalized spacial score (nSPS) is 11.7. The summed E-state index contributed by atoms with van der Waals surface area (Å²) >= 11 is 0. The van der Waals surface area contributed by atoms with Gasteiger partial charge in [-0.3, -0.25) is 0 Å². The molecule has 0 spiro atoms. The van der Waals surface area contributed by atoms with E-state index in [1.54, 1.807) is 0 Å². The lowest BCUT2D eigenvalue weighted by atomic mass is 9.89. The van der Waals surface area contributed by atoms with Gasteiger partial charge in [0.25, 0.3) is 0 Å². The molecule has 0 atom stereocenters. The van der Waals surface area contributed by atoms with Crippen LogP contribution in [0.5, 0.6) is 0 Å². The number of aromatic nitrogens is 2. The van der Waals surface area contributed by atoms with E-state index in [0.717, 1.165) is 39.2 Å². The molecule has 0 aliphatic carbocycles. The average Bonchev–Trinajstić information content (AvgIpc) is 3.33. The monoisotopic (exact) mass is 760 g/mol. The molecular weight excluding hydrogens is 725 g/mol. The van der Waals surface area contributed by atoms with Crippen LogP contribution in [0.4, 0.5) is 0 Å². The molecular formula is C58H36N2. The van der Waals surface area contributed by atoms with Crippen LogP contribution < -0.4 is 0 Å². The highest BCUT2D eigenvalue weighted by atomic mass is 14.9. The third-order valence-electron chi connectivity index (χ3n) is 12.2. The van der Waals surface area contributed by atoms with Gasteiger partial charge in [-0.15, -0.1) is 0 Å². The number of rotatable bonds is 5. The van der Waals surface area contributed by atoms with E-state index in [-0.39, 0.29) is 0 Å². The first-order valence-corrected chi connectivity index (χ1v) is 20.6. The number of hydrogen-bond donors (Lipinski definition) is 0. The summed E-state index contributed by atoms with van der Waals surface area (Å²) in [5, 5.41) is 15.0. The van der Waals surface area contributed by atoms with Crippen molar-refractivity contribution in [3.63, 3.8) is 0 Å². The van der Waals surface area contributed by atoms with E-state index in [2.05, 4.69) is 218 Å². The maximum atomic E-state index is 5.32. The summed E-state index contributed by atoms with van der Waals surface area (Å²) in [5.41, 5.74) is 9.57. The predicted molar refractivity (Wildman–Crippen MR) is 254 cm³/mol. The Labute approximate surface area is 347 Å². The molecule has 2 nitrogen and oxygen atoms in total.